The van der Waals surface area contributed by atoms with E-state index in [0.29, 0.717) is 6.04 Å². The maximum absolute atomic E-state index is 4.53. The van der Waals surface area contributed by atoms with Crippen LogP contribution >= 0.6 is 11.8 Å². The average molecular weight is 280 g/mol. The van der Waals surface area contributed by atoms with Gasteiger partial charge in [0.25, 0.3) is 0 Å². The Balaban J connectivity index is 2.22. The average Bonchev–Trinajstić information content (AvgIpc) is 2.97. The smallest absolute Gasteiger partial charge is 0.137 e. The van der Waals surface area contributed by atoms with Crippen molar-refractivity contribution in [2.45, 2.75) is 39.2 Å². The number of rotatable bonds is 6. The lowest BCUT2D eigenvalue weighted by atomic mass is 10.1. The molecule has 1 aromatic rings. The molecule has 0 radical (unpaired) electrons. The van der Waals surface area contributed by atoms with E-state index in [2.05, 4.69) is 41.1 Å². The fraction of sp³-hybridized carbons (Fsp3) is 0.714. The van der Waals surface area contributed by atoms with Gasteiger partial charge in [-0.15, -0.1) is 0 Å². The maximum atomic E-state index is 4.53. The third-order valence-electron chi connectivity index (χ3n) is 3.61. The second kappa shape index (κ2) is 6.98. The number of aromatic nitrogens is 2. The molecule has 1 aliphatic heterocycles. The van der Waals surface area contributed by atoms with Crippen LogP contribution in [0.25, 0.3) is 0 Å². The summed E-state index contributed by atoms with van der Waals surface area (Å²) in [5, 5.41) is 3.42. The van der Waals surface area contributed by atoms with Gasteiger partial charge in [-0.2, -0.15) is 11.8 Å². The number of hydrogen-bond acceptors (Lipinski definition) is 5. The van der Waals surface area contributed by atoms with Gasteiger partial charge in [-0.3, -0.25) is 0 Å². The molecule has 0 bridgehead atoms. The predicted molar refractivity (Wildman–Crippen MR) is 84.3 cm³/mol. The first-order valence-electron chi connectivity index (χ1n) is 7.16. The minimum absolute atomic E-state index is 0.615. The summed E-state index contributed by atoms with van der Waals surface area (Å²) in [4.78, 5) is 11.3. The highest BCUT2D eigenvalue weighted by molar-refractivity contribution is 7.99. The molecule has 1 N–H and O–H groups in total. The van der Waals surface area contributed by atoms with Gasteiger partial charge in [0.1, 0.15) is 18.0 Å². The van der Waals surface area contributed by atoms with Gasteiger partial charge >= 0.3 is 0 Å². The predicted octanol–water partition coefficient (Wildman–Crippen LogP) is 2.80. The Bertz CT molecular complexity index is 404. The summed E-state index contributed by atoms with van der Waals surface area (Å²) >= 11 is 2.04. The Hall–Kier alpha value is -0.970. The molecule has 0 aromatic carbocycles. The van der Waals surface area contributed by atoms with Crippen molar-refractivity contribution in [3.63, 3.8) is 0 Å². The molecule has 1 atom stereocenters. The van der Waals surface area contributed by atoms with E-state index in [-0.39, 0.29) is 0 Å². The van der Waals surface area contributed by atoms with Crippen molar-refractivity contribution in [2.24, 2.45) is 0 Å². The van der Waals surface area contributed by atoms with Crippen LogP contribution in [0.3, 0.4) is 0 Å². The molecule has 1 saturated heterocycles. The van der Waals surface area contributed by atoms with Crippen LogP contribution < -0.4 is 10.2 Å². The number of thioether (sulfide) groups is 1. The van der Waals surface area contributed by atoms with Gasteiger partial charge in [0.05, 0.1) is 0 Å². The first-order chi connectivity index (χ1) is 9.27. The van der Waals surface area contributed by atoms with Gasteiger partial charge in [0.15, 0.2) is 0 Å². The lowest BCUT2D eigenvalue weighted by Crippen LogP contribution is -2.33. The molecule has 1 unspecified atom stereocenters. The normalized spacial score (nSPS) is 18.6. The van der Waals surface area contributed by atoms with Gasteiger partial charge in [0.2, 0.25) is 0 Å². The zero-order valence-electron chi connectivity index (χ0n) is 12.1. The van der Waals surface area contributed by atoms with Gasteiger partial charge in [-0.1, -0.05) is 13.8 Å². The highest BCUT2D eigenvalue weighted by atomic mass is 32.2. The number of nitrogens with one attached hydrogen (secondary N) is 1. The molecule has 0 spiro atoms. The molecule has 1 aliphatic rings. The summed E-state index contributed by atoms with van der Waals surface area (Å²) in [7, 11) is 2.17. The van der Waals surface area contributed by atoms with Crippen LogP contribution in [0.1, 0.15) is 32.3 Å². The van der Waals surface area contributed by atoms with Crippen molar-refractivity contribution >= 4 is 23.4 Å². The first kappa shape index (κ1) is 14.4. The molecular formula is C14H24N4S. The fourth-order valence-electron chi connectivity index (χ4n) is 2.43. The molecule has 1 fully saturated rings. The molecule has 4 nitrogen and oxygen atoms in total. The molecule has 2 rings (SSSR count). The van der Waals surface area contributed by atoms with Crippen LogP contribution in [-0.4, -0.2) is 41.1 Å². The minimum Gasteiger partial charge on any atom is -0.370 e. The second-order valence-corrected chi connectivity index (χ2v) is 6.08. The molecule has 5 heteroatoms. The maximum Gasteiger partial charge on any atom is 0.137 e. The Labute approximate surface area is 120 Å². The number of hydrogen-bond donors (Lipinski definition) is 1. The van der Waals surface area contributed by atoms with E-state index < -0.39 is 0 Å². The lowest BCUT2D eigenvalue weighted by molar-refractivity contribution is 0.686. The summed E-state index contributed by atoms with van der Waals surface area (Å²) in [6.45, 7) is 5.31. The molecule has 2 heterocycles. The zero-order valence-corrected chi connectivity index (χ0v) is 13.0. The van der Waals surface area contributed by atoms with Crippen LogP contribution in [0.4, 0.5) is 11.6 Å². The summed E-state index contributed by atoms with van der Waals surface area (Å²) in [6, 6.07) is 0.615. The largest absolute Gasteiger partial charge is 0.370 e. The lowest BCUT2D eigenvalue weighted by Gasteiger charge is -2.27. The molecule has 106 valence electrons. The van der Waals surface area contributed by atoms with Crippen molar-refractivity contribution < 1.29 is 0 Å². The highest BCUT2D eigenvalue weighted by Gasteiger charge is 2.23. The van der Waals surface area contributed by atoms with Crippen LogP contribution in [0.5, 0.6) is 0 Å². The Morgan fingerprint density at radius 2 is 2.26 bits per heavy atom. The van der Waals surface area contributed by atoms with Crippen molar-refractivity contribution in [2.75, 3.05) is 35.3 Å². The van der Waals surface area contributed by atoms with Crippen LogP contribution in [0.15, 0.2) is 6.33 Å². The first-order valence-corrected chi connectivity index (χ1v) is 8.31. The molecule has 1 aromatic heterocycles. The van der Waals surface area contributed by atoms with Crippen LogP contribution in [0.2, 0.25) is 0 Å². The summed E-state index contributed by atoms with van der Waals surface area (Å²) < 4.78 is 0. The second-order valence-electron chi connectivity index (χ2n) is 4.93. The van der Waals surface area contributed by atoms with Crippen molar-refractivity contribution in [3.8, 4) is 0 Å². The van der Waals surface area contributed by atoms with E-state index in [4.69, 9.17) is 0 Å². The molecule has 0 amide bonds. The zero-order chi connectivity index (χ0) is 13.7. The third kappa shape index (κ3) is 3.32. The molecule has 0 saturated carbocycles. The van der Waals surface area contributed by atoms with Crippen molar-refractivity contribution in [1.82, 2.24) is 9.97 Å². The van der Waals surface area contributed by atoms with Crippen LogP contribution in [0, 0.1) is 0 Å². The fourth-order valence-corrected chi connectivity index (χ4v) is 3.70. The monoisotopic (exact) mass is 280 g/mol. The standard InChI is InChI=1S/C14H24N4S/c1-4-7-15-13-12(5-2)14(17-10-16-13)18(3)11-6-8-19-9-11/h10-11H,4-9H2,1-3H3,(H,15,16,17). The summed E-state index contributed by atoms with van der Waals surface area (Å²) in [6.07, 6.45) is 5.02. The SMILES string of the molecule is CCCNc1ncnc(N(C)C2CCSC2)c1CC. The van der Waals surface area contributed by atoms with E-state index in [9.17, 15) is 0 Å². The number of anilines is 2. The summed E-state index contributed by atoms with van der Waals surface area (Å²) in [5.74, 6) is 4.58. The highest BCUT2D eigenvalue weighted by Crippen LogP contribution is 2.29. The van der Waals surface area contributed by atoms with Crippen LogP contribution in [-0.2, 0) is 6.42 Å². The topological polar surface area (TPSA) is 41.1 Å². The van der Waals surface area contributed by atoms with E-state index in [1.807, 2.05) is 11.8 Å². The van der Waals surface area contributed by atoms with Crippen molar-refractivity contribution in [3.05, 3.63) is 11.9 Å². The number of nitrogens with zero attached hydrogens (tertiary/aromatic N) is 3. The van der Waals surface area contributed by atoms with E-state index in [1.54, 1.807) is 6.33 Å². The Morgan fingerprint density at radius 3 is 2.89 bits per heavy atom. The quantitative estimate of drug-likeness (QED) is 0.868. The van der Waals surface area contributed by atoms with Gasteiger partial charge in [-0.05, 0) is 25.0 Å². The molecular weight excluding hydrogens is 256 g/mol. The van der Waals surface area contributed by atoms with E-state index in [1.165, 1.54) is 23.5 Å². The van der Waals surface area contributed by atoms with Crippen molar-refractivity contribution in [1.29, 1.82) is 0 Å². The van der Waals surface area contributed by atoms with Gasteiger partial charge < -0.3 is 10.2 Å². The third-order valence-corrected chi connectivity index (χ3v) is 4.75. The van der Waals surface area contributed by atoms with Gasteiger partial charge in [-0.25, -0.2) is 9.97 Å². The molecule has 19 heavy (non-hydrogen) atoms. The van der Waals surface area contributed by atoms with E-state index >= 15 is 0 Å². The van der Waals surface area contributed by atoms with Gasteiger partial charge in [0, 0.05) is 31.0 Å². The van der Waals surface area contributed by atoms with E-state index in [0.717, 1.165) is 31.0 Å². The summed E-state index contributed by atoms with van der Waals surface area (Å²) in [5.41, 5.74) is 1.25. The molecule has 0 aliphatic carbocycles. The Kier molecular flexibility index (Phi) is 5.31. The minimum atomic E-state index is 0.615. The Morgan fingerprint density at radius 1 is 1.42 bits per heavy atom.